The third kappa shape index (κ3) is 5.50. The van der Waals surface area contributed by atoms with E-state index in [1.54, 1.807) is 0 Å². The third-order valence-electron chi connectivity index (χ3n) is 4.63. The number of nitro groups is 1. The van der Waals surface area contributed by atoms with Gasteiger partial charge in [0.1, 0.15) is 6.61 Å². The summed E-state index contributed by atoms with van der Waals surface area (Å²) < 4.78 is 32.3. The highest BCUT2D eigenvalue weighted by Gasteiger charge is 2.24. The van der Waals surface area contributed by atoms with Crippen LogP contribution in [-0.2, 0) is 27.9 Å². The Hall–Kier alpha value is -3.27. The van der Waals surface area contributed by atoms with Gasteiger partial charge in [-0.05, 0) is 41.5 Å². The van der Waals surface area contributed by atoms with E-state index >= 15 is 0 Å². The number of nitrogens with zero attached hydrogens (tertiary/aromatic N) is 2. The number of hydrogen-bond acceptors (Lipinski definition) is 6. The minimum atomic E-state index is -3.89. The summed E-state index contributed by atoms with van der Waals surface area (Å²) in [5.74, 6) is -0.809. The van der Waals surface area contributed by atoms with Crippen molar-refractivity contribution in [3.05, 3.63) is 105 Å². The molecule has 0 spiro atoms. The lowest BCUT2D eigenvalue weighted by Gasteiger charge is -2.18. The van der Waals surface area contributed by atoms with Crippen molar-refractivity contribution >= 4 is 33.3 Å². The van der Waals surface area contributed by atoms with Gasteiger partial charge in [0, 0.05) is 25.7 Å². The molecular formula is C22H19ClN2O6S. The van der Waals surface area contributed by atoms with Gasteiger partial charge in [-0.1, -0.05) is 41.9 Å². The van der Waals surface area contributed by atoms with Crippen LogP contribution in [0.25, 0.3) is 0 Å². The topological polar surface area (TPSA) is 107 Å². The number of hydrogen-bond donors (Lipinski definition) is 0. The van der Waals surface area contributed by atoms with Crippen molar-refractivity contribution in [2.75, 3.05) is 7.05 Å². The second-order valence-corrected chi connectivity index (χ2v) is 9.34. The average molecular weight is 475 g/mol. The Kier molecular flexibility index (Phi) is 7.24. The van der Waals surface area contributed by atoms with Crippen LogP contribution in [0.1, 0.15) is 21.5 Å². The maximum Gasteiger partial charge on any atom is 0.340 e. The molecule has 0 saturated carbocycles. The summed E-state index contributed by atoms with van der Waals surface area (Å²) in [7, 11) is -2.44. The number of nitro benzene ring substituents is 1. The van der Waals surface area contributed by atoms with Gasteiger partial charge in [-0.2, -0.15) is 4.31 Å². The van der Waals surface area contributed by atoms with Crippen LogP contribution in [0.4, 0.5) is 5.69 Å². The first-order valence-corrected chi connectivity index (χ1v) is 11.2. The van der Waals surface area contributed by atoms with E-state index in [9.17, 15) is 23.3 Å². The summed E-state index contributed by atoms with van der Waals surface area (Å²) in [6.45, 7) is 0.00374. The molecule has 0 heterocycles. The predicted molar refractivity (Wildman–Crippen MR) is 119 cm³/mol. The maximum atomic E-state index is 13.0. The molecule has 166 valence electrons. The van der Waals surface area contributed by atoms with Gasteiger partial charge < -0.3 is 4.74 Å². The van der Waals surface area contributed by atoms with Crippen molar-refractivity contribution in [1.29, 1.82) is 0 Å². The molecule has 0 aromatic heterocycles. The second kappa shape index (κ2) is 9.90. The van der Waals surface area contributed by atoms with Gasteiger partial charge in [0.05, 0.1) is 20.4 Å². The molecule has 0 aliphatic heterocycles. The van der Waals surface area contributed by atoms with Crippen molar-refractivity contribution < 1.29 is 22.9 Å². The minimum Gasteiger partial charge on any atom is -0.457 e. The first-order valence-electron chi connectivity index (χ1n) is 9.39. The molecule has 0 N–H and O–H groups in total. The largest absolute Gasteiger partial charge is 0.457 e. The van der Waals surface area contributed by atoms with E-state index in [-0.39, 0.29) is 34.3 Å². The predicted octanol–water partition coefficient (Wildman–Crippen LogP) is 4.43. The molecule has 32 heavy (non-hydrogen) atoms. The molecule has 3 aromatic carbocycles. The molecule has 0 saturated heterocycles. The normalized spacial score (nSPS) is 11.3. The SMILES string of the molecule is CN(Cc1ccccc1)S(=O)(=O)c1ccc(Cl)c(C(=O)OCc2ccc([N+](=O)[O-])cc2)c1. The Labute approximate surface area is 190 Å². The Morgan fingerprint density at radius 2 is 1.69 bits per heavy atom. The van der Waals surface area contributed by atoms with E-state index < -0.39 is 20.9 Å². The van der Waals surface area contributed by atoms with Crippen molar-refractivity contribution in [3.63, 3.8) is 0 Å². The van der Waals surface area contributed by atoms with Crippen molar-refractivity contribution in [3.8, 4) is 0 Å². The molecule has 3 aromatic rings. The standard InChI is InChI=1S/C22H19ClN2O6S/c1-24(14-16-5-3-2-4-6-16)32(29,30)19-11-12-21(23)20(13-19)22(26)31-15-17-7-9-18(10-8-17)25(27)28/h2-13H,14-15H2,1H3. The lowest BCUT2D eigenvalue weighted by Crippen LogP contribution is -2.26. The van der Waals surface area contributed by atoms with Crippen LogP contribution in [0.15, 0.2) is 77.7 Å². The van der Waals surface area contributed by atoms with Gasteiger partial charge in [-0.3, -0.25) is 10.1 Å². The van der Waals surface area contributed by atoms with E-state index in [1.807, 2.05) is 30.3 Å². The summed E-state index contributed by atoms with van der Waals surface area (Å²) in [6, 6.07) is 18.5. The van der Waals surface area contributed by atoms with E-state index in [0.717, 1.165) is 5.56 Å². The summed E-state index contributed by atoms with van der Waals surface area (Å²) in [5.41, 5.74) is 1.17. The molecule has 0 aliphatic carbocycles. The first kappa shape index (κ1) is 23.4. The van der Waals surface area contributed by atoms with Gasteiger partial charge in [0.2, 0.25) is 10.0 Å². The number of non-ortho nitro benzene ring substituents is 1. The van der Waals surface area contributed by atoms with Crippen LogP contribution < -0.4 is 0 Å². The molecule has 3 rings (SSSR count). The molecular weight excluding hydrogens is 456 g/mol. The van der Waals surface area contributed by atoms with Gasteiger partial charge in [-0.25, -0.2) is 13.2 Å². The fraction of sp³-hybridized carbons (Fsp3) is 0.136. The van der Waals surface area contributed by atoms with Crippen molar-refractivity contribution in [2.24, 2.45) is 0 Å². The number of benzene rings is 3. The lowest BCUT2D eigenvalue weighted by atomic mass is 10.2. The molecule has 0 aliphatic rings. The molecule has 0 unspecified atom stereocenters. The molecule has 10 heteroatoms. The number of esters is 1. The summed E-state index contributed by atoms with van der Waals surface area (Å²) >= 11 is 6.10. The van der Waals surface area contributed by atoms with Crippen LogP contribution in [0.3, 0.4) is 0 Å². The summed E-state index contributed by atoms with van der Waals surface area (Å²) in [6.07, 6.45) is 0. The number of carbonyl (C=O) groups is 1. The molecule has 0 radical (unpaired) electrons. The fourth-order valence-electron chi connectivity index (χ4n) is 2.87. The molecule has 0 fully saturated rings. The highest BCUT2D eigenvalue weighted by atomic mass is 35.5. The quantitative estimate of drug-likeness (QED) is 0.271. The highest BCUT2D eigenvalue weighted by molar-refractivity contribution is 7.89. The van der Waals surface area contributed by atoms with Crippen LogP contribution >= 0.6 is 11.6 Å². The number of sulfonamides is 1. The zero-order valence-corrected chi connectivity index (χ0v) is 18.5. The van der Waals surface area contributed by atoms with E-state index in [2.05, 4.69) is 0 Å². The van der Waals surface area contributed by atoms with E-state index in [4.69, 9.17) is 16.3 Å². The minimum absolute atomic E-state index is 0.0448. The van der Waals surface area contributed by atoms with Gasteiger partial charge in [0.15, 0.2) is 0 Å². The monoisotopic (exact) mass is 474 g/mol. The number of halogens is 1. The highest BCUT2D eigenvalue weighted by Crippen LogP contribution is 2.24. The average Bonchev–Trinajstić information content (AvgIpc) is 2.78. The van der Waals surface area contributed by atoms with Gasteiger partial charge in [-0.15, -0.1) is 0 Å². The van der Waals surface area contributed by atoms with Crippen LogP contribution in [0.2, 0.25) is 5.02 Å². The van der Waals surface area contributed by atoms with Crippen molar-refractivity contribution in [2.45, 2.75) is 18.0 Å². The molecule has 0 amide bonds. The molecule has 0 atom stereocenters. The summed E-state index contributed by atoms with van der Waals surface area (Å²) in [4.78, 5) is 22.6. The molecule has 0 bridgehead atoms. The smallest absolute Gasteiger partial charge is 0.340 e. The summed E-state index contributed by atoms with van der Waals surface area (Å²) in [5, 5.41) is 10.8. The molecule has 8 nitrogen and oxygen atoms in total. The number of ether oxygens (including phenoxy) is 1. The zero-order valence-electron chi connectivity index (χ0n) is 17.0. The Bertz CT molecular complexity index is 1230. The van der Waals surface area contributed by atoms with E-state index in [0.29, 0.717) is 5.56 Å². The Morgan fingerprint density at radius 3 is 2.31 bits per heavy atom. The fourth-order valence-corrected chi connectivity index (χ4v) is 4.25. The number of rotatable bonds is 8. The van der Waals surface area contributed by atoms with E-state index in [1.165, 1.54) is 53.8 Å². The second-order valence-electron chi connectivity index (χ2n) is 6.89. The maximum absolute atomic E-state index is 13.0. The lowest BCUT2D eigenvalue weighted by molar-refractivity contribution is -0.384. The zero-order chi connectivity index (χ0) is 23.3. The number of carbonyl (C=O) groups excluding carboxylic acids is 1. The van der Waals surface area contributed by atoms with Crippen LogP contribution in [0.5, 0.6) is 0 Å². The van der Waals surface area contributed by atoms with Crippen molar-refractivity contribution in [1.82, 2.24) is 4.31 Å². The van der Waals surface area contributed by atoms with Gasteiger partial charge >= 0.3 is 5.97 Å². The van der Waals surface area contributed by atoms with Gasteiger partial charge in [0.25, 0.3) is 5.69 Å². The first-order chi connectivity index (χ1) is 15.2. The van der Waals surface area contributed by atoms with Crippen LogP contribution in [0, 0.1) is 10.1 Å². The van der Waals surface area contributed by atoms with Crippen LogP contribution in [-0.4, -0.2) is 30.7 Å². The Morgan fingerprint density at radius 1 is 1.03 bits per heavy atom. The Balaban J connectivity index is 1.75. The third-order valence-corrected chi connectivity index (χ3v) is 6.76.